The lowest BCUT2D eigenvalue weighted by Gasteiger charge is -2.39. The molecule has 0 aromatic heterocycles. The standard InChI is InChI=1S/C12H15N3O6/c13-15-14-6-1-3-7(4-2-6)20-12-11(19)10(18)9(17)8(5-16)21-12/h1-4,8-12,16-19H,5H2/t8-,9+,10+,11-,12+/m1/s1/i1T. The van der Waals surface area contributed by atoms with E-state index >= 15 is 0 Å². The minimum absolute atomic E-state index is 0.0973. The summed E-state index contributed by atoms with van der Waals surface area (Å²) in [5, 5.41) is 41.5. The van der Waals surface area contributed by atoms with Crippen LogP contribution < -0.4 is 4.74 Å². The Morgan fingerprint density at radius 3 is 2.67 bits per heavy atom. The molecule has 0 bridgehead atoms. The molecule has 9 heteroatoms. The van der Waals surface area contributed by atoms with Gasteiger partial charge in [0.1, 0.15) is 30.2 Å². The zero-order valence-electron chi connectivity index (χ0n) is 11.8. The van der Waals surface area contributed by atoms with E-state index in [-0.39, 0.29) is 17.5 Å². The highest BCUT2D eigenvalue weighted by molar-refractivity contribution is 5.41. The van der Waals surface area contributed by atoms with Crippen molar-refractivity contribution in [3.8, 4) is 5.75 Å². The maximum Gasteiger partial charge on any atom is 0.229 e. The van der Waals surface area contributed by atoms with E-state index in [0.29, 0.717) is 0 Å². The summed E-state index contributed by atoms with van der Waals surface area (Å²) in [5.41, 5.74) is 8.44. The predicted octanol–water partition coefficient (Wildman–Crippen LogP) is -0.193. The van der Waals surface area contributed by atoms with Crippen molar-refractivity contribution >= 4 is 5.69 Å². The Balaban J connectivity index is 2.15. The fourth-order valence-electron chi connectivity index (χ4n) is 1.88. The fourth-order valence-corrected chi connectivity index (χ4v) is 1.88. The van der Waals surface area contributed by atoms with E-state index in [9.17, 15) is 15.3 Å². The number of nitrogens with zero attached hydrogens (tertiary/aromatic N) is 3. The van der Waals surface area contributed by atoms with E-state index in [1.165, 1.54) is 18.2 Å². The molecule has 1 aromatic rings. The van der Waals surface area contributed by atoms with Gasteiger partial charge >= 0.3 is 0 Å². The lowest BCUT2D eigenvalue weighted by atomic mass is 9.99. The number of azide groups is 1. The first-order chi connectivity index (χ1) is 10.5. The molecule has 9 nitrogen and oxygen atoms in total. The van der Waals surface area contributed by atoms with Crippen molar-refractivity contribution in [2.45, 2.75) is 30.7 Å². The van der Waals surface area contributed by atoms with E-state index in [1.54, 1.807) is 0 Å². The third-order valence-electron chi connectivity index (χ3n) is 3.02. The van der Waals surface area contributed by atoms with Crippen LogP contribution in [0.15, 0.2) is 29.4 Å². The minimum atomic E-state index is -1.55. The first-order valence-electron chi connectivity index (χ1n) is 6.61. The number of benzene rings is 1. The normalized spacial score (nSPS) is 33.0. The van der Waals surface area contributed by atoms with Gasteiger partial charge in [-0.05, 0) is 29.8 Å². The summed E-state index contributed by atoms with van der Waals surface area (Å²) in [5.74, 6) is 0.131. The van der Waals surface area contributed by atoms with Crippen LogP contribution in [-0.2, 0) is 4.74 Å². The van der Waals surface area contributed by atoms with Crippen LogP contribution in [0.3, 0.4) is 0 Å². The second-order valence-corrected chi connectivity index (χ2v) is 4.41. The van der Waals surface area contributed by atoms with Crippen molar-refractivity contribution in [3.63, 3.8) is 0 Å². The summed E-state index contributed by atoms with van der Waals surface area (Å²) in [4.78, 5) is 2.57. The van der Waals surface area contributed by atoms with Crippen LogP contribution in [0.2, 0.25) is 0 Å². The lowest BCUT2D eigenvalue weighted by molar-refractivity contribution is -0.277. The highest BCUT2D eigenvalue weighted by Gasteiger charge is 2.44. The number of hydrogen-bond donors (Lipinski definition) is 4. The molecule has 1 heterocycles. The third kappa shape index (κ3) is 3.42. The van der Waals surface area contributed by atoms with Crippen molar-refractivity contribution in [2.75, 3.05) is 6.61 Å². The second kappa shape index (κ2) is 6.72. The molecule has 0 amide bonds. The molecule has 1 aliphatic rings. The molecule has 21 heavy (non-hydrogen) atoms. The summed E-state index contributed by atoms with van der Waals surface area (Å²) in [6, 6.07) is 3.89. The van der Waals surface area contributed by atoms with Gasteiger partial charge in [0.15, 0.2) is 0 Å². The molecule has 1 fully saturated rings. The first-order valence-corrected chi connectivity index (χ1v) is 6.11. The van der Waals surface area contributed by atoms with Gasteiger partial charge in [-0.25, -0.2) is 0 Å². The molecule has 2 rings (SSSR count). The van der Waals surface area contributed by atoms with E-state index in [0.717, 1.165) is 0 Å². The number of aliphatic hydroxyl groups is 4. The summed E-state index contributed by atoms with van der Waals surface area (Å²) < 4.78 is 18.2. The van der Waals surface area contributed by atoms with Crippen LogP contribution in [0.1, 0.15) is 1.37 Å². The Morgan fingerprint density at radius 1 is 1.29 bits per heavy atom. The van der Waals surface area contributed by atoms with Crippen LogP contribution in [-0.4, -0.2) is 57.7 Å². The van der Waals surface area contributed by atoms with Gasteiger partial charge in [-0.15, -0.1) is 0 Å². The zero-order valence-corrected chi connectivity index (χ0v) is 10.8. The molecule has 114 valence electrons. The van der Waals surface area contributed by atoms with Gasteiger partial charge in [0.25, 0.3) is 0 Å². The first kappa shape index (κ1) is 14.1. The largest absolute Gasteiger partial charge is 0.462 e. The summed E-state index contributed by atoms with van der Waals surface area (Å²) in [7, 11) is 0. The van der Waals surface area contributed by atoms with Crippen LogP contribution in [0.25, 0.3) is 10.4 Å². The lowest BCUT2D eigenvalue weighted by Crippen LogP contribution is -2.60. The highest BCUT2D eigenvalue weighted by atomic mass is 16.7. The molecule has 5 atom stereocenters. The van der Waals surface area contributed by atoms with E-state index < -0.39 is 37.3 Å². The van der Waals surface area contributed by atoms with Gasteiger partial charge in [0.05, 0.1) is 7.98 Å². The molecule has 0 spiro atoms. The van der Waals surface area contributed by atoms with Crippen LogP contribution >= 0.6 is 0 Å². The van der Waals surface area contributed by atoms with Crippen molar-refractivity contribution in [2.24, 2.45) is 5.11 Å². The Kier molecular flexibility index (Phi) is 4.51. The van der Waals surface area contributed by atoms with Gasteiger partial charge in [0.2, 0.25) is 6.29 Å². The smallest absolute Gasteiger partial charge is 0.229 e. The van der Waals surface area contributed by atoms with Crippen molar-refractivity contribution in [1.29, 1.82) is 0 Å². The Bertz CT molecular complexity index is 580. The number of aliphatic hydroxyl groups excluding tert-OH is 4. The number of rotatable bonds is 4. The number of ether oxygens (including phenoxy) is 2. The molecule has 1 saturated heterocycles. The summed E-state index contributed by atoms with van der Waals surface area (Å²) in [6.45, 7) is -0.565. The topological polar surface area (TPSA) is 148 Å². The Morgan fingerprint density at radius 2 is 2.05 bits per heavy atom. The summed E-state index contributed by atoms with van der Waals surface area (Å²) in [6.07, 6.45) is -6.97. The van der Waals surface area contributed by atoms with Gasteiger partial charge in [-0.2, -0.15) is 0 Å². The molecule has 1 aliphatic heterocycles. The predicted molar refractivity (Wildman–Crippen MR) is 69.6 cm³/mol. The van der Waals surface area contributed by atoms with Crippen LogP contribution in [0, 0.1) is 0 Å². The van der Waals surface area contributed by atoms with Gasteiger partial charge in [-0.3, -0.25) is 0 Å². The zero-order chi connectivity index (χ0) is 16.3. The SMILES string of the molecule is [3H]c1cc(O[C@H]2O[C@H](CO)[C@H](O)[C@H](O)[C@H]2O)ccc1N=[N+]=[N-]. The molecular weight excluding hydrogens is 282 g/mol. The van der Waals surface area contributed by atoms with Gasteiger partial charge in [0, 0.05) is 10.6 Å². The molecule has 0 unspecified atom stereocenters. The van der Waals surface area contributed by atoms with E-state index in [1.807, 2.05) is 0 Å². The summed E-state index contributed by atoms with van der Waals surface area (Å²) >= 11 is 0. The maximum absolute atomic E-state index is 9.84. The maximum atomic E-state index is 9.84. The van der Waals surface area contributed by atoms with Crippen LogP contribution in [0.5, 0.6) is 5.75 Å². The van der Waals surface area contributed by atoms with E-state index in [4.69, 9.17) is 21.5 Å². The minimum Gasteiger partial charge on any atom is -0.462 e. The second-order valence-electron chi connectivity index (χ2n) is 4.41. The van der Waals surface area contributed by atoms with Crippen molar-refractivity contribution < 1.29 is 31.3 Å². The van der Waals surface area contributed by atoms with E-state index in [2.05, 4.69) is 10.0 Å². The average Bonchev–Trinajstić information content (AvgIpc) is 2.50. The van der Waals surface area contributed by atoms with Crippen LogP contribution in [0.4, 0.5) is 5.69 Å². The van der Waals surface area contributed by atoms with Crippen molar-refractivity contribution in [1.82, 2.24) is 0 Å². The van der Waals surface area contributed by atoms with Crippen molar-refractivity contribution in [3.05, 3.63) is 34.7 Å². The molecular formula is C12H15N3O6. The number of hydrogen-bond acceptors (Lipinski definition) is 7. The van der Waals surface area contributed by atoms with Gasteiger partial charge < -0.3 is 29.9 Å². The molecule has 1 aromatic carbocycles. The third-order valence-corrected chi connectivity index (χ3v) is 3.02. The monoisotopic (exact) mass is 299 g/mol. The molecule has 0 aliphatic carbocycles. The molecule has 4 N–H and O–H groups in total. The Labute approximate surface area is 121 Å². The molecule has 0 saturated carbocycles. The molecule has 0 radical (unpaired) electrons. The Hall–Kier alpha value is -1.87. The highest BCUT2D eigenvalue weighted by Crippen LogP contribution is 2.25. The quantitative estimate of drug-likeness (QED) is 0.344. The van der Waals surface area contributed by atoms with Gasteiger partial charge in [-0.1, -0.05) is 5.11 Å². The average molecular weight is 299 g/mol. The fraction of sp³-hybridized carbons (Fsp3) is 0.500.